The maximum absolute atomic E-state index is 11.5. The molecule has 0 atom stereocenters. The Morgan fingerprint density at radius 3 is 2.26 bits per heavy atom. The van der Waals surface area contributed by atoms with Gasteiger partial charge in [0.25, 0.3) is 0 Å². The second-order valence-electron chi connectivity index (χ2n) is 5.21. The summed E-state index contributed by atoms with van der Waals surface area (Å²) in [5, 5.41) is 11.5. The molecule has 0 aliphatic rings. The number of nitro groups is 1. The van der Waals surface area contributed by atoms with Crippen LogP contribution < -0.4 is 9.64 Å². The van der Waals surface area contributed by atoms with Gasteiger partial charge < -0.3 is 9.64 Å². The molecular formula is C16H20N4O3. The molecule has 2 rings (SSSR count). The largest absolute Gasteiger partial charge is 0.434 e. The molecule has 0 saturated heterocycles. The molecule has 2 aromatic rings. The fourth-order valence-corrected chi connectivity index (χ4v) is 2.45. The number of ether oxygens (including phenoxy) is 1. The molecule has 7 nitrogen and oxygen atoms in total. The number of aryl methyl sites for hydroxylation is 2. The van der Waals surface area contributed by atoms with Gasteiger partial charge >= 0.3 is 11.6 Å². The number of hydrogen-bond acceptors (Lipinski definition) is 6. The van der Waals surface area contributed by atoms with E-state index in [1.807, 2.05) is 45.9 Å². The van der Waals surface area contributed by atoms with Crippen LogP contribution in [0.2, 0.25) is 0 Å². The molecule has 1 aromatic carbocycles. The van der Waals surface area contributed by atoms with Gasteiger partial charge in [0.05, 0.1) is 4.92 Å². The lowest BCUT2D eigenvalue weighted by Crippen LogP contribution is -2.24. The van der Waals surface area contributed by atoms with Crippen molar-refractivity contribution >= 4 is 11.5 Å². The Kier molecular flexibility index (Phi) is 5.10. The van der Waals surface area contributed by atoms with E-state index in [-0.39, 0.29) is 17.4 Å². The Balaban J connectivity index is 2.49. The SMILES string of the molecule is CCN(CC)c1ncnc(Oc2cc(C)cc(C)c2)c1[N+](=O)[O-]. The molecule has 1 aromatic heterocycles. The topological polar surface area (TPSA) is 81.4 Å². The standard InChI is InChI=1S/C16H20N4O3/c1-5-19(6-2)15-14(20(21)22)16(18-10-17-15)23-13-8-11(3)7-12(4)9-13/h7-10H,5-6H2,1-4H3. The van der Waals surface area contributed by atoms with Gasteiger partial charge in [0.1, 0.15) is 12.1 Å². The van der Waals surface area contributed by atoms with Gasteiger partial charge in [0.15, 0.2) is 0 Å². The molecule has 0 unspecified atom stereocenters. The van der Waals surface area contributed by atoms with Gasteiger partial charge in [-0.2, -0.15) is 4.98 Å². The molecule has 23 heavy (non-hydrogen) atoms. The maximum atomic E-state index is 11.5. The highest BCUT2D eigenvalue weighted by Crippen LogP contribution is 2.36. The number of rotatable bonds is 6. The van der Waals surface area contributed by atoms with Gasteiger partial charge in [0, 0.05) is 13.1 Å². The van der Waals surface area contributed by atoms with E-state index in [1.165, 1.54) is 6.33 Å². The first-order chi connectivity index (χ1) is 11.0. The Bertz CT molecular complexity index is 694. The van der Waals surface area contributed by atoms with E-state index in [1.54, 1.807) is 4.90 Å². The fraction of sp³-hybridized carbons (Fsp3) is 0.375. The predicted molar refractivity (Wildman–Crippen MR) is 88.2 cm³/mol. The number of nitrogens with zero attached hydrogens (tertiary/aromatic N) is 4. The van der Waals surface area contributed by atoms with Crippen molar-refractivity contribution < 1.29 is 9.66 Å². The smallest absolute Gasteiger partial charge is 0.373 e. The molecule has 0 aliphatic carbocycles. The van der Waals surface area contributed by atoms with Gasteiger partial charge in [-0.3, -0.25) is 10.1 Å². The third kappa shape index (κ3) is 3.74. The molecule has 0 fully saturated rings. The van der Waals surface area contributed by atoms with Crippen molar-refractivity contribution in [2.24, 2.45) is 0 Å². The number of benzene rings is 1. The average Bonchev–Trinajstić information content (AvgIpc) is 2.47. The van der Waals surface area contributed by atoms with Gasteiger partial charge in [0.2, 0.25) is 5.82 Å². The Labute approximate surface area is 135 Å². The lowest BCUT2D eigenvalue weighted by Gasteiger charge is -2.19. The Hall–Kier alpha value is -2.70. The molecule has 0 aliphatic heterocycles. The zero-order valence-electron chi connectivity index (χ0n) is 13.7. The molecule has 7 heteroatoms. The van der Waals surface area contributed by atoms with E-state index < -0.39 is 4.92 Å². The summed E-state index contributed by atoms with van der Waals surface area (Å²) in [6.45, 7) is 8.93. The van der Waals surface area contributed by atoms with Crippen LogP contribution in [0.3, 0.4) is 0 Å². The average molecular weight is 316 g/mol. The van der Waals surface area contributed by atoms with Crippen molar-refractivity contribution in [1.82, 2.24) is 9.97 Å². The van der Waals surface area contributed by atoms with E-state index in [0.29, 0.717) is 18.8 Å². The minimum Gasteiger partial charge on any atom is -0.434 e. The zero-order valence-corrected chi connectivity index (χ0v) is 13.7. The number of anilines is 1. The third-order valence-corrected chi connectivity index (χ3v) is 3.42. The van der Waals surface area contributed by atoms with Crippen LogP contribution in [0.25, 0.3) is 0 Å². The van der Waals surface area contributed by atoms with Crippen molar-refractivity contribution in [3.05, 3.63) is 45.8 Å². The fourth-order valence-electron chi connectivity index (χ4n) is 2.45. The van der Waals surface area contributed by atoms with E-state index in [9.17, 15) is 10.1 Å². The lowest BCUT2D eigenvalue weighted by molar-refractivity contribution is -0.385. The Morgan fingerprint density at radius 2 is 1.74 bits per heavy atom. The number of aromatic nitrogens is 2. The minimum atomic E-state index is -0.494. The second kappa shape index (κ2) is 7.04. The summed E-state index contributed by atoms with van der Waals surface area (Å²) in [4.78, 5) is 20.9. The molecule has 0 saturated carbocycles. The quantitative estimate of drug-likeness (QED) is 0.598. The molecule has 0 N–H and O–H groups in total. The van der Waals surface area contributed by atoms with E-state index >= 15 is 0 Å². The third-order valence-electron chi connectivity index (χ3n) is 3.42. The highest BCUT2D eigenvalue weighted by atomic mass is 16.6. The lowest BCUT2D eigenvalue weighted by atomic mass is 10.1. The van der Waals surface area contributed by atoms with Crippen LogP contribution in [0.5, 0.6) is 11.6 Å². The van der Waals surface area contributed by atoms with Crippen LogP contribution in [0.4, 0.5) is 11.5 Å². The number of hydrogen-bond donors (Lipinski definition) is 0. The summed E-state index contributed by atoms with van der Waals surface area (Å²) in [6.07, 6.45) is 1.29. The first-order valence-corrected chi connectivity index (χ1v) is 7.46. The minimum absolute atomic E-state index is 0.0445. The monoisotopic (exact) mass is 316 g/mol. The summed E-state index contributed by atoms with van der Waals surface area (Å²) in [6, 6.07) is 5.63. The van der Waals surface area contributed by atoms with Crippen LogP contribution >= 0.6 is 0 Å². The van der Waals surface area contributed by atoms with Gasteiger partial charge in [-0.25, -0.2) is 4.98 Å². The Morgan fingerprint density at radius 1 is 1.13 bits per heavy atom. The van der Waals surface area contributed by atoms with Crippen molar-refractivity contribution in [2.75, 3.05) is 18.0 Å². The molecule has 0 amide bonds. The first kappa shape index (κ1) is 16.7. The summed E-state index contributed by atoms with van der Waals surface area (Å²) in [7, 11) is 0. The van der Waals surface area contributed by atoms with Crippen LogP contribution in [0.1, 0.15) is 25.0 Å². The summed E-state index contributed by atoms with van der Waals surface area (Å²) < 4.78 is 5.69. The maximum Gasteiger partial charge on any atom is 0.373 e. The van der Waals surface area contributed by atoms with E-state index in [4.69, 9.17) is 4.74 Å². The van der Waals surface area contributed by atoms with Gasteiger partial charge in [-0.05, 0) is 51.0 Å². The highest BCUT2D eigenvalue weighted by Gasteiger charge is 2.27. The van der Waals surface area contributed by atoms with Crippen molar-refractivity contribution in [1.29, 1.82) is 0 Å². The van der Waals surface area contributed by atoms with Crippen molar-refractivity contribution in [2.45, 2.75) is 27.7 Å². The normalized spacial score (nSPS) is 10.4. The van der Waals surface area contributed by atoms with Gasteiger partial charge in [-0.15, -0.1) is 0 Å². The van der Waals surface area contributed by atoms with E-state index in [2.05, 4.69) is 9.97 Å². The van der Waals surface area contributed by atoms with Crippen LogP contribution in [0.15, 0.2) is 24.5 Å². The van der Waals surface area contributed by atoms with Crippen molar-refractivity contribution in [3.63, 3.8) is 0 Å². The van der Waals surface area contributed by atoms with Crippen LogP contribution in [-0.2, 0) is 0 Å². The molecule has 0 bridgehead atoms. The van der Waals surface area contributed by atoms with Crippen LogP contribution in [-0.4, -0.2) is 28.0 Å². The molecule has 1 heterocycles. The summed E-state index contributed by atoms with van der Waals surface area (Å²) >= 11 is 0. The highest BCUT2D eigenvalue weighted by molar-refractivity contribution is 5.63. The molecular weight excluding hydrogens is 296 g/mol. The first-order valence-electron chi connectivity index (χ1n) is 7.46. The molecule has 0 radical (unpaired) electrons. The predicted octanol–water partition coefficient (Wildman–Crippen LogP) is 3.64. The zero-order chi connectivity index (χ0) is 17.0. The summed E-state index contributed by atoms with van der Waals surface area (Å²) in [5.74, 6) is 0.751. The van der Waals surface area contributed by atoms with Gasteiger partial charge in [-0.1, -0.05) is 6.07 Å². The summed E-state index contributed by atoms with van der Waals surface area (Å²) in [5.41, 5.74) is 1.82. The molecule has 122 valence electrons. The van der Waals surface area contributed by atoms with E-state index in [0.717, 1.165) is 11.1 Å². The second-order valence-corrected chi connectivity index (χ2v) is 5.21. The molecule has 0 spiro atoms. The van der Waals surface area contributed by atoms with Crippen LogP contribution in [0, 0.1) is 24.0 Å². The van der Waals surface area contributed by atoms with Crippen molar-refractivity contribution in [3.8, 4) is 11.6 Å².